The van der Waals surface area contributed by atoms with Gasteiger partial charge in [0, 0.05) is 10.9 Å². The Morgan fingerprint density at radius 3 is 2.52 bits per heavy atom. The smallest absolute Gasteiger partial charge is 0.418 e. The molecule has 23 heavy (non-hydrogen) atoms. The molecule has 0 aliphatic carbocycles. The number of phenolic OH excluding ortho intramolecular Hbond substituents is 1. The van der Waals surface area contributed by atoms with Crippen molar-refractivity contribution in [2.24, 2.45) is 0 Å². The lowest BCUT2D eigenvalue weighted by Gasteiger charge is -2.13. The number of aromatic hydroxyl groups is 1. The summed E-state index contributed by atoms with van der Waals surface area (Å²) in [6.45, 7) is 1.51. The number of rotatable bonds is 1. The van der Waals surface area contributed by atoms with Gasteiger partial charge < -0.3 is 5.11 Å². The summed E-state index contributed by atoms with van der Waals surface area (Å²) < 4.78 is 39.6. The first kappa shape index (κ1) is 15.6. The zero-order chi connectivity index (χ0) is 16.8. The van der Waals surface area contributed by atoms with Gasteiger partial charge >= 0.3 is 6.18 Å². The molecule has 0 amide bonds. The largest absolute Gasteiger partial charge is 0.508 e. The maximum Gasteiger partial charge on any atom is 0.418 e. The number of hydrogen-bond acceptors (Lipinski definition) is 3. The second-order valence-electron chi connectivity index (χ2n) is 4.98. The Morgan fingerprint density at radius 1 is 1.09 bits per heavy atom. The summed E-state index contributed by atoms with van der Waals surface area (Å²) in [5.74, 6) is 0.129. The van der Waals surface area contributed by atoms with E-state index in [1.165, 1.54) is 37.3 Å². The molecule has 7 heteroatoms. The van der Waals surface area contributed by atoms with Gasteiger partial charge in [-0.1, -0.05) is 23.7 Å². The molecule has 118 valence electrons. The van der Waals surface area contributed by atoms with Crippen molar-refractivity contribution in [1.29, 1.82) is 0 Å². The highest BCUT2D eigenvalue weighted by Gasteiger charge is 2.33. The molecule has 1 aromatic heterocycles. The molecule has 0 unspecified atom stereocenters. The van der Waals surface area contributed by atoms with Gasteiger partial charge in [-0.15, -0.1) is 0 Å². The molecule has 0 aliphatic rings. The van der Waals surface area contributed by atoms with E-state index in [4.69, 9.17) is 11.6 Å². The molecule has 1 N–H and O–H groups in total. The van der Waals surface area contributed by atoms with Crippen LogP contribution in [0.2, 0.25) is 5.02 Å². The minimum Gasteiger partial charge on any atom is -0.508 e. The van der Waals surface area contributed by atoms with Crippen LogP contribution in [0, 0.1) is 6.92 Å². The maximum absolute atomic E-state index is 13.2. The van der Waals surface area contributed by atoms with Crippen molar-refractivity contribution >= 4 is 22.5 Å². The lowest BCUT2D eigenvalue weighted by atomic mass is 10.0. The fourth-order valence-corrected chi connectivity index (χ4v) is 2.60. The van der Waals surface area contributed by atoms with E-state index < -0.39 is 11.7 Å². The van der Waals surface area contributed by atoms with E-state index in [9.17, 15) is 18.3 Å². The predicted octanol–water partition coefficient (Wildman–Crippen LogP) is 4.98. The number of halogens is 4. The summed E-state index contributed by atoms with van der Waals surface area (Å²) in [6, 6.07) is 7.99. The highest BCUT2D eigenvalue weighted by molar-refractivity contribution is 6.33. The Balaban J connectivity index is 2.41. The molecular formula is C16H10ClF3N2O. The molecule has 0 spiro atoms. The number of nitrogens with zero attached hydrogens (tertiary/aromatic N) is 2. The first-order chi connectivity index (χ1) is 10.8. The van der Waals surface area contributed by atoms with E-state index in [0.717, 1.165) is 6.07 Å². The standard InChI is InChI=1S/C16H10ClF3N2O/c1-8-21-14(11-7-9(23)5-6-13(11)17)10-3-2-4-12(15(10)22-8)16(18,19)20/h2-7,23H,1H3. The SMILES string of the molecule is Cc1nc(-c2cc(O)ccc2Cl)c2cccc(C(F)(F)F)c2n1. The number of aromatic nitrogens is 2. The van der Waals surface area contributed by atoms with E-state index >= 15 is 0 Å². The Labute approximate surface area is 134 Å². The van der Waals surface area contributed by atoms with Gasteiger partial charge in [0.25, 0.3) is 0 Å². The number of aryl methyl sites for hydroxylation is 1. The molecule has 0 radical (unpaired) electrons. The Morgan fingerprint density at radius 2 is 1.83 bits per heavy atom. The topological polar surface area (TPSA) is 46.0 Å². The maximum atomic E-state index is 13.2. The number of hydrogen-bond donors (Lipinski definition) is 1. The van der Waals surface area contributed by atoms with Gasteiger partial charge in [0.05, 0.1) is 21.8 Å². The van der Waals surface area contributed by atoms with Gasteiger partial charge in [0.2, 0.25) is 0 Å². The molecule has 3 rings (SSSR count). The van der Waals surface area contributed by atoms with Crippen molar-refractivity contribution in [2.45, 2.75) is 13.1 Å². The first-order valence-corrected chi connectivity index (χ1v) is 6.98. The molecule has 0 atom stereocenters. The van der Waals surface area contributed by atoms with E-state index in [1.807, 2.05) is 0 Å². The molecule has 0 saturated carbocycles. The van der Waals surface area contributed by atoms with Crippen molar-refractivity contribution in [3.8, 4) is 17.0 Å². The van der Waals surface area contributed by atoms with Crippen molar-refractivity contribution in [3.05, 3.63) is 52.8 Å². The van der Waals surface area contributed by atoms with E-state index in [1.54, 1.807) is 0 Å². The van der Waals surface area contributed by atoms with Crippen LogP contribution in [0.3, 0.4) is 0 Å². The molecule has 0 bridgehead atoms. The number of benzene rings is 2. The summed E-state index contributed by atoms with van der Waals surface area (Å²) in [6.07, 6.45) is -4.53. The first-order valence-electron chi connectivity index (χ1n) is 6.61. The van der Waals surface area contributed by atoms with Gasteiger partial charge in [-0.25, -0.2) is 9.97 Å². The highest BCUT2D eigenvalue weighted by atomic mass is 35.5. The summed E-state index contributed by atoms with van der Waals surface area (Å²) in [5, 5.41) is 10.1. The second kappa shape index (κ2) is 5.38. The fourth-order valence-electron chi connectivity index (χ4n) is 2.39. The van der Waals surface area contributed by atoms with Crippen LogP contribution in [-0.2, 0) is 6.18 Å². The van der Waals surface area contributed by atoms with Crippen LogP contribution >= 0.6 is 11.6 Å². The van der Waals surface area contributed by atoms with Crippen molar-refractivity contribution in [3.63, 3.8) is 0 Å². The quantitative estimate of drug-likeness (QED) is 0.680. The third-order valence-corrected chi connectivity index (χ3v) is 3.68. The van der Waals surface area contributed by atoms with Crippen LogP contribution < -0.4 is 0 Å². The van der Waals surface area contributed by atoms with Crippen LogP contribution in [-0.4, -0.2) is 15.1 Å². The van der Waals surface area contributed by atoms with Gasteiger partial charge in [-0.05, 0) is 31.2 Å². The molecular weight excluding hydrogens is 329 g/mol. The van der Waals surface area contributed by atoms with Crippen molar-refractivity contribution in [1.82, 2.24) is 9.97 Å². The average Bonchev–Trinajstić information content (AvgIpc) is 2.47. The molecule has 3 nitrogen and oxygen atoms in total. The summed E-state index contributed by atoms with van der Waals surface area (Å²) in [7, 11) is 0. The summed E-state index contributed by atoms with van der Waals surface area (Å²) in [4.78, 5) is 8.17. The average molecular weight is 339 g/mol. The molecule has 0 aliphatic heterocycles. The molecule has 1 heterocycles. The Bertz CT molecular complexity index is 910. The third-order valence-electron chi connectivity index (χ3n) is 3.35. The Kier molecular flexibility index (Phi) is 3.64. The van der Waals surface area contributed by atoms with Crippen LogP contribution in [0.5, 0.6) is 5.75 Å². The van der Waals surface area contributed by atoms with Gasteiger partial charge in [-0.3, -0.25) is 0 Å². The van der Waals surface area contributed by atoms with Gasteiger partial charge in [-0.2, -0.15) is 13.2 Å². The number of para-hydroxylation sites is 1. The number of phenols is 1. The molecule has 2 aromatic carbocycles. The van der Waals surface area contributed by atoms with Crippen LogP contribution in [0.15, 0.2) is 36.4 Å². The number of fused-ring (bicyclic) bond motifs is 1. The molecule has 0 fully saturated rings. The predicted molar refractivity (Wildman–Crippen MR) is 81.4 cm³/mol. The monoisotopic (exact) mass is 338 g/mol. The lowest BCUT2D eigenvalue weighted by molar-refractivity contribution is -0.136. The highest BCUT2D eigenvalue weighted by Crippen LogP contribution is 2.38. The van der Waals surface area contributed by atoms with Crippen molar-refractivity contribution in [2.75, 3.05) is 0 Å². The molecule has 0 saturated heterocycles. The van der Waals surface area contributed by atoms with E-state index in [-0.39, 0.29) is 33.2 Å². The van der Waals surface area contributed by atoms with Crippen LogP contribution in [0.1, 0.15) is 11.4 Å². The normalized spacial score (nSPS) is 11.9. The van der Waals surface area contributed by atoms with Gasteiger partial charge in [0.15, 0.2) is 0 Å². The van der Waals surface area contributed by atoms with Crippen LogP contribution in [0.25, 0.3) is 22.2 Å². The summed E-state index contributed by atoms with van der Waals surface area (Å²) in [5.41, 5.74) is -0.430. The van der Waals surface area contributed by atoms with E-state index in [0.29, 0.717) is 5.56 Å². The van der Waals surface area contributed by atoms with Crippen LogP contribution in [0.4, 0.5) is 13.2 Å². The minimum atomic E-state index is -4.53. The van der Waals surface area contributed by atoms with Crippen molar-refractivity contribution < 1.29 is 18.3 Å². The zero-order valence-electron chi connectivity index (χ0n) is 11.8. The van der Waals surface area contributed by atoms with Gasteiger partial charge in [0.1, 0.15) is 11.6 Å². The minimum absolute atomic E-state index is 0.0548. The second-order valence-corrected chi connectivity index (χ2v) is 5.39. The lowest BCUT2D eigenvalue weighted by Crippen LogP contribution is -2.08. The molecule has 3 aromatic rings. The zero-order valence-corrected chi connectivity index (χ0v) is 12.6. The Hall–Kier alpha value is -2.34. The third kappa shape index (κ3) is 2.82. The fraction of sp³-hybridized carbons (Fsp3) is 0.125. The van der Waals surface area contributed by atoms with E-state index in [2.05, 4.69) is 9.97 Å². The number of alkyl halides is 3. The summed E-state index contributed by atoms with van der Waals surface area (Å²) >= 11 is 6.12.